The third kappa shape index (κ3) is 7.67. The molecule has 0 aromatic carbocycles. The molecule has 3 rings (SSSR count). The zero-order valence-electron chi connectivity index (χ0n) is 18.4. The highest BCUT2D eigenvalue weighted by atomic mass is 16.3. The molecular weight excluding hydrogens is 362 g/mol. The molecule has 1 atom stereocenters. The Labute approximate surface area is 177 Å². The molecule has 0 spiro atoms. The maximum Gasteiger partial charge on any atom is 0.191 e. The number of hydrogen-bond donors (Lipinski definition) is 2. The molecule has 0 bridgehead atoms. The van der Waals surface area contributed by atoms with E-state index in [0.29, 0.717) is 0 Å². The van der Waals surface area contributed by atoms with Crippen LogP contribution in [-0.2, 0) is 0 Å². The summed E-state index contributed by atoms with van der Waals surface area (Å²) in [5.74, 6) is 1.96. The van der Waals surface area contributed by atoms with Crippen LogP contribution in [0, 0.1) is 0 Å². The average molecular weight is 404 g/mol. The average Bonchev–Trinajstić information content (AvgIpc) is 3.46. The molecule has 2 aliphatic heterocycles. The molecule has 1 aromatic rings. The first kappa shape index (κ1) is 22.2. The van der Waals surface area contributed by atoms with Gasteiger partial charge in [-0.15, -0.1) is 0 Å². The summed E-state index contributed by atoms with van der Waals surface area (Å²) in [5, 5.41) is 6.92. The number of nitrogens with one attached hydrogen (secondary N) is 2. The van der Waals surface area contributed by atoms with Crippen LogP contribution in [0.3, 0.4) is 0 Å². The maximum atomic E-state index is 5.72. The lowest BCUT2D eigenvalue weighted by molar-refractivity contribution is 0.221. The minimum Gasteiger partial charge on any atom is -0.468 e. The molecule has 0 saturated carbocycles. The molecule has 6 heteroatoms. The molecule has 0 aliphatic carbocycles. The van der Waals surface area contributed by atoms with Gasteiger partial charge in [0.1, 0.15) is 5.76 Å². The first-order chi connectivity index (χ1) is 14.4. The number of hydrogen-bond acceptors (Lipinski definition) is 4. The van der Waals surface area contributed by atoms with E-state index in [2.05, 4.69) is 33.4 Å². The largest absolute Gasteiger partial charge is 0.468 e. The van der Waals surface area contributed by atoms with Gasteiger partial charge in [0, 0.05) is 13.1 Å². The molecule has 1 unspecified atom stereocenters. The summed E-state index contributed by atoms with van der Waals surface area (Å²) < 4.78 is 5.72. The van der Waals surface area contributed by atoms with Crippen LogP contribution in [0.15, 0.2) is 27.8 Å². The van der Waals surface area contributed by atoms with Crippen molar-refractivity contribution in [1.82, 2.24) is 20.4 Å². The van der Waals surface area contributed by atoms with Crippen LogP contribution in [0.2, 0.25) is 0 Å². The minimum atomic E-state index is 0.243. The van der Waals surface area contributed by atoms with Crippen molar-refractivity contribution in [2.24, 2.45) is 4.99 Å². The molecule has 164 valence electrons. The van der Waals surface area contributed by atoms with Crippen molar-refractivity contribution in [2.45, 2.75) is 64.3 Å². The van der Waals surface area contributed by atoms with Gasteiger partial charge in [0.2, 0.25) is 0 Å². The second kappa shape index (κ2) is 12.9. The van der Waals surface area contributed by atoms with Gasteiger partial charge < -0.3 is 20.0 Å². The Hall–Kier alpha value is -1.53. The quantitative estimate of drug-likeness (QED) is 0.336. The Morgan fingerprint density at radius 2 is 1.83 bits per heavy atom. The number of likely N-dealkylation sites (tertiary alicyclic amines) is 2. The normalized spacial score (nSPS) is 20.1. The SMILES string of the molecule is CCNC(=NCC(c1ccco1)N1CCCC1)NCCCCCN1CCCCC1. The monoisotopic (exact) mass is 403 g/mol. The van der Waals surface area contributed by atoms with E-state index < -0.39 is 0 Å². The van der Waals surface area contributed by atoms with E-state index in [-0.39, 0.29) is 6.04 Å². The summed E-state index contributed by atoms with van der Waals surface area (Å²) in [6, 6.07) is 4.31. The molecule has 2 N–H and O–H groups in total. The summed E-state index contributed by atoms with van der Waals surface area (Å²) in [7, 11) is 0. The van der Waals surface area contributed by atoms with Crippen molar-refractivity contribution < 1.29 is 4.42 Å². The second-order valence-corrected chi connectivity index (χ2v) is 8.38. The Balaban J connectivity index is 1.39. The number of piperidine rings is 1. The van der Waals surface area contributed by atoms with Gasteiger partial charge in [-0.2, -0.15) is 0 Å². The fourth-order valence-corrected chi connectivity index (χ4v) is 4.47. The molecule has 2 aliphatic rings. The van der Waals surface area contributed by atoms with Gasteiger partial charge in [-0.3, -0.25) is 9.89 Å². The second-order valence-electron chi connectivity index (χ2n) is 8.38. The number of furan rings is 1. The van der Waals surface area contributed by atoms with E-state index in [4.69, 9.17) is 9.41 Å². The maximum absolute atomic E-state index is 5.72. The van der Waals surface area contributed by atoms with Crippen LogP contribution < -0.4 is 10.6 Å². The third-order valence-corrected chi connectivity index (χ3v) is 6.11. The highest BCUT2D eigenvalue weighted by Crippen LogP contribution is 2.25. The molecule has 6 nitrogen and oxygen atoms in total. The van der Waals surface area contributed by atoms with Crippen LogP contribution in [0.4, 0.5) is 0 Å². The lowest BCUT2D eigenvalue weighted by Crippen LogP contribution is -2.39. The van der Waals surface area contributed by atoms with Gasteiger partial charge in [-0.05, 0) is 90.3 Å². The Morgan fingerprint density at radius 1 is 1.03 bits per heavy atom. The summed E-state index contributed by atoms with van der Waals surface area (Å²) >= 11 is 0. The summed E-state index contributed by atoms with van der Waals surface area (Å²) in [6.45, 7) is 10.9. The van der Waals surface area contributed by atoms with E-state index in [0.717, 1.165) is 44.4 Å². The van der Waals surface area contributed by atoms with Crippen LogP contribution in [0.25, 0.3) is 0 Å². The third-order valence-electron chi connectivity index (χ3n) is 6.11. The molecular formula is C23H41N5O. The van der Waals surface area contributed by atoms with Gasteiger partial charge in [-0.25, -0.2) is 0 Å². The van der Waals surface area contributed by atoms with Crippen molar-refractivity contribution in [1.29, 1.82) is 0 Å². The first-order valence-electron chi connectivity index (χ1n) is 11.9. The number of unbranched alkanes of at least 4 members (excludes halogenated alkanes) is 2. The minimum absolute atomic E-state index is 0.243. The Kier molecular flexibility index (Phi) is 9.87. The van der Waals surface area contributed by atoms with E-state index in [1.807, 2.05) is 6.07 Å². The van der Waals surface area contributed by atoms with Crippen molar-refractivity contribution in [2.75, 3.05) is 52.4 Å². The number of guanidine groups is 1. The standard InChI is InChI=1S/C23H41N5O/c1-2-24-23(25-13-5-3-6-14-27-15-7-4-8-16-27)26-20-21(22-12-11-19-29-22)28-17-9-10-18-28/h11-12,19,21H,2-10,13-18,20H2,1H3,(H2,24,25,26). The Bertz CT molecular complexity index is 562. The van der Waals surface area contributed by atoms with E-state index >= 15 is 0 Å². The lowest BCUT2D eigenvalue weighted by Gasteiger charge is -2.26. The highest BCUT2D eigenvalue weighted by Gasteiger charge is 2.25. The van der Waals surface area contributed by atoms with Crippen LogP contribution in [0.5, 0.6) is 0 Å². The summed E-state index contributed by atoms with van der Waals surface area (Å²) in [4.78, 5) is 10.0. The Morgan fingerprint density at radius 3 is 2.55 bits per heavy atom. The van der Waals surface area contributed by atoms with Gasteiger partial charge >= 0.3 is 0 Å². The van der Waals surface area contributed by atoms with Gasteiger partial charge in [-0.1, -0.05) is 12.8 Å². The zero-order valence-corrected chi connectivity index (χ0v) is 18.4. The molecule has 3 heterocycles. The van der Waals surface area contributed by atoms with Gasteiger partial charge in [0.05, 0.1) is 18.8 Å². The van der Waals surface area contributed by atoms with Crippen molar-refractivity contribution >= 4 is 5.96 Å². The molecule has 2 saturated heterocycles. The van der Waals surface area contributed by atoms with Crippen molar-refractivity contribution in [3.05, 3.63) is 24.2 Å². The van der Waals surface area contributed by atoms with Crippen LogP contribution >= 0.6 is 0 Å². The van der Waals surface area contributed by atoms with Crippen molar-refractivity contribution in [3.8, 4) is 0 Å². The van der Waals surface area contributed by atoms with Crippen LogP contribution in [-0.4, -0.2) is 68.1 Å². The van der Waals surface area contributed by atoms with Crippen LogP contribution in [0.1, 0.15) is 70.1 Å². The number of aliphatic imine (C=N–C) groups is 1. The van der Waals surface area contributed by atoms with Crippen molar-refractivity contribution in [3.63, 3.8) is 0 Å². The molecule has 2 fully saturated rings. The van der Waals surface area contributed by atoms with Gasteiger partial charge in [0.15, 0.2) is 5.96 Å². The smallest absolute Gasteiger partial charge is 0.191 e. The number of rotatable bonds is 11. The predicted molar refractivity (Wildman–Crippen MR) is 120 cm³/mol. The summed E-state index contributed by atoms with van der Waals surface area (Å²) in [5.41, 5.74) is 0. The fraction of sp³-hybridized carbons (Fsp3) is 0.783. The first-order valence-corrected chi connectivity index (χ1v) is 11.9. The summed E-state index contributed by atoms with van der Waals surface area (Å²) in [6.07, 6.45) is 12.3. The lowest BCUT2D eigenvalue weighted by atomic mass is 10.1. The molecule has 0 amide bonds. The molecule has 1 aromatic heterocycles. The number of nitrogens with zero attached hydrogens (tertiary/aromatic N) is 3. The van der Waals surface area contributed by atoms with E-state index in [9.17, 15) is 0 Å². The highest BCUT2D eigenvalue weighted by molar-refractivity contribution is 5.79. The predicted octanol–water partition coefficient (Wildman–Crippen LogP) is 3.63. The van der Waals surface area contributed by atoms with E-state index in [1.54, 1.807) is 6.26 Å². The fourth-order valence-electron chi connectivity index (χ4n) is 4.47. The molecule has 29 heavy (non-hydrogen) atoms. The van der Waals surface area contributed by atoms with Gasteiger partial charge in [0.25, 0.3) is 0 Å². The zero-order chi connectivity index (χ0) is 20.2. The van der Waals surface area contributed by atoms with E-state index in [1.165, 1.54) is 71.0 Å². The molecule has 0 radical (unpaired) electrons. The topological polar surface area (TPSA) is 56.0 Å².